The van der Waals surface area contributed by atoms with Gasteiger partial charge >= 0.3 is 0 Å². The van der Waals surface area contributed by atoms with E-state index in [4.69, 9.17) is 0 Å². The molecule has 3 aromatic heterocycles. The van der Waals surface area contributed by atoms with E-state index in [0.717, 1.165) is 16.7 Å². The Morgan fingerprint density at radius 1 is 1.03 bits per heavy atom. The van der Waals surface area contributed by atoms with Crippen molar-refractivity contribution >= 4 is 32.0 Å². The summed E-state index contributed by atoms with van der Waals surface area (Å²) in [6.45, 7) is 5.63. The zero-order valence-electron chi connectivity index (χ0n) is 21.4. The second-order valence-electron chi connectivity index (χ2n) is 9.64. The molecule has 0 saturated carbocycles. The Labute approximate surface area is 224 Å². The number of benzene rings is 3. The Hall–Kier alpha value is -4.72. The first-order chi connectivity index (χ1) is 18.7. The number of fused-ring (bicyclic) bond motifs is 2. The van der Waals surface area contributed by atoms with Crippen LogP contribution < -0.4 is 0 Å². The summed E-state index contributed by atoms with van der Waals surface area (Å²) in [5.74, 6) is 0.290. The molecule has 9 nitrogen and oxygen atoms in total. The number of aromatic nitrogens is 5. The highest BCUT2D eigenvalue weighted by Crippen LogP contribution is 2.41. The molecular weight excluding hydrogens is 512 g/mol. The van der Waals surface area contributed by atoms with Crippen LogP contribution in [0.25, 0.3) is 33.2 Å². The minimum Gasteiger partial charge on any atom is -0.380 e. The lowest BCUT2D eigenvalue weighted by Crippen LogP contribution is -2.13. The molecule has 194 valence electrons. The van der Waals surface area contributed by atoms with Crippen LogP contribution in [0.4, 0.5) is 0 Å². The molecule has 1 unspecified atom stereocenters. The van der Waals surface area contributed by atoms with Crippen LogP contribution in [0, 0.1) is 32.1 Å². The fourth-order valence-electron chi connectivity index (χ4n) is 5.13. The molecule has 3 aromatic carbocycles. The molecule has 0 aliphatic rings. The largest absolute Gasteiger partial charge is 0.380 e. The average Bonchev–Trinajstić information content (AvgIpc) is 3.66. The molecule has 0 spiro atoms. The van der Waals surface area contributed by atoms with Gasteiger partial charge in [-0.1, -0.05) is 23.8 Å². The SMILES string of the molecule is Cc1ccc(S(=O)(=O)n2cc(-c3ccn[nH]3)c3c(C(O)c4nc5cc(C#N)ccc5[nH]4)c(C)cc(C)c32)cc1. The third kappa shape index (κ3) is 3.91. The number of hydrogen-bond donors (Lipinski definition) is 3. The molecule has 6 aromatic rings. The fraction of sp³-hybridized carbons (Fsp3) is 0.138. The van der Waals surface area contributed by atoms with E-state index in [1.165, 1.54) is 3.97 Å². The van der Waals surface area contributed by atoms with Gasteiger partial charge in [0.05, 0.1) is 38.8 Å². The van der Waals surface area contributed by atoms with E-state index >= 15 is 0 Å². The molecule has 3 heterocycles. The topological polar surface area (TPSA) is 140 Å². The fourth-order valence-corrected chi connectivity index (χ4v) is 6.56. The highest BCUT2D eigenvalue weighted by atomic mass is 32.2. The number of nitrogens with one attached hydrogen (secondary N) is 2. The van der Waals surface area contributed by atoms with E-state index in [0.29, 0.717) is 44.3 Å². The van der Waals surface area contributed by atoms with E-state index in [-0.39, 0.29) is 10.7 Å². The van der Waals surface area contributed by atoms with Gasteiger partial charge in [0.1, 0.15) is 11.9 Å². The van der Waals surface area contributed by atoms with Gasteiger partial charge in [-0.25, -0.2) is 17.4 Å². The van der Waals surface area contributed by atoms with Crippen LogP contribution in [0.2, 0.25) is 0 Å². The van der Waals surface area contributed by atoms with Crippen LogP contribution in [0.1, 0.15) is 39.7 Å². The number of aliphatic hydroxyl groups excluding tert-OH is 1. The summed E-state index contributed by atoms with van der Waals surface area (Å²) in [5.41, 5.74) is 6.34. The molecule has 0 bridgehead atoms. The van der Waals surface area contributed by atoms with Gasteiger partial charge in [0.15, 0.2) is 0 Å². The Bertz CT molecular complexity index is 2030. The first-order valence-corrected chi connectivity index (χ1v) is 13.7. The molecule has 0 saturated heterocycles. The third-order valence-electron chi connectivity index (χ3n) is 7.01. The van der Waals surface area contributed by atoms with Gasteiger partial charge in [-0.3, -0.25) is 5.10 Å². The van der Waals surface area contributed by atoms with E-state index < -0.39 is 16.1 Å². The molecule has 6 rings (SSSR count). The standard InChI is InChI=1S/C29H24N6O3S/c1-16-4-7-20(8-5-16)39(37,38)35-15-21(22-10-11-31-34-22)26-25(17(2)12-18(3)27(26)35)28(36)29-32-23-9-6-19(14-30)13-24(23)33-29/h4-13,15,28,36H,1-3H3,(H,31,34)(H,32,33). The Morgan fingerprint density at radius 2 is 1.79 bits per heavy atom. The van der Waals surface area contributed by atoms with Crippen molar-refractivity contribution in [2.45, 2.75) is 31.8 Å². The van der Waals surface area contributed by atoms with Gasteiger partial charge < -0.3 is 10.1 Å². The second-order valence-corrected chi connectivity index (χ2v) is 11.5. The number of aromatic amines is 2. The Morgan fingerprint density at radius 3 is 2.49 bits per heavy atom. The smallest absolute Gasteiger partial charge is 0.268 e. The maximum absolute atomic E-state index is 13.9. The van der Waals surface area contributed by atoms with Crippen molar-refractivity contribution in [1.82, 2.24) is 24.1 Å². The minimum atomic E-state index is -3.98. The maximum atomic E-state index is 13.9. The molecule has 0 aliphatic carbocycles. The van der Waals surface area contributed by atoms with Crippen LogP contribution in [0.15, 0.2) is 71.9 Å². The maximum Gasteiger partial charge on any atom is 0.268 e. The van der Waals surface area contributed by atoms with E-state index in [9.17, 15) is 18.8 Å². The number of nitriles is 1. The van der Waals surface area contributed by atoms with Gasteiger partial charge in [-0.2, -0.15) is 10.4 Å². The zero-order valence-corrected chi connectivity index (χ0v) is 22.2. The zero-order chi connectivity index (χ0) is 27.5. The summed E-state index contributed by atoms with van der Waals surface area (Å²) >= 11 is 0. The van der Waals surface area contributed by atoms with Crippen LogP contribution in [0.5, 0.6) is 0 Å². The number of aryl methyl sites for hydroxylation is 3. The van der Waals surface area contributed by atoms with Crippen molar-refractivity contribution in [2.75, 3.05) is 0 Å². The lowest BCUT2D eigenvalue weighted by Gasteiger charge is -2.17. The molecule has 3 N–H and O–H groups in total. The number of rotatable bonds is 5. The van der Waals surface area contributed by atoms with E-state index in [2.05, 4.69) is 26.2 Å². The Balaban J connectivity index is 1.64. The first kappa shape index (κ1) is 24.6. The molecule has 1 atom stereocenters. The van der Waals surface area contributed by atoms with Crippen LogP contribution in [-0.4, -0.2) is 37.7 Å². The van der Waals surface area contributed by atoms with Gasteiger partial charge in [-0.05, 0) is 68.3 Å². The molecular formula is C29H24N6O3S. The second kappa shape index (κ2) is 8.94. The van der Waals surface area contributed by atoms with Crippen molar-refractivity contribution in [3.05, 3.63) is 101 Å². The predicted octanol–water partition coefficient (Wildman–Crippen LogP) is 5.02. The molecule has 0 amide bonds. The molecule has 0 aliphatic heterocycles. The summed E-state index contributed by atoms with van der Waals surface area (Å²) in [5, 5.41) is 28.6. The van der Waals surface area contributed by atoms with Crippen molar-refractivity contribution in [2.24, 2.45) is 0 Å². The predicted molar refractivity (Wildman–Crippen MR) is 148 cm³/mol. The number of aliphatic hydroxyl groups is 1. The summed E-state index contributed by atoms with van der Waals surface area (Å²) in [6.07, 6.45) is 1.97. The van der Waals surface area contributed by atoms with Gasteiger partial charge in [-0.15, -0.1) is 0 Å². The molecule has 0 radical (unpaired) electrons. The van der Waals surface area contributed by atoms with Gasteiger partial charge in [0.2, 0.25) is 0 Å². The van der Waals surface area contributed by atoms with E-state index in [1.54, 1.807) is 60.9 Å². The summed E-state index contributed by atoms with van der Waals surface area (Å²) < 4.78 is 29.2. The van der Waals surface area contributed by atoms with Crippen molar-refractivity contribution < 1.29 is 13.5 Å². The number of hydrogen-bond acceptors (Lipinski definition) is 6. The van der Waals surface area contributed by atoms with Crippen LogP contribution in [0.3, 0.4) is 0 Å². The molecule has 0 fully saturated rings. The third-order valence-corrected chi connectivity index (χ3v) is 8.68. The van der Waals surface area contributed by atoms with Gasteiger partial charge in [0, 0.05) is 28.9 Å². The van der Waals surface area contributed by atoms with Crippen LogP contribution >= 0.6 is 0 Å². The van der Waals surface area contributed by atoms with Crippen molar-refractivity contribution in [3.8, 4) is 17.3 Å². The number of imidazole rings is 1. The highest BCUT2D eigenvalue weighted by Gasteiger charge is 2.29. The molecule has 39 heavy (non-hydrogen) atoms. The summed E-state index contributed by atoms with van der Waals surface area (Å²) in [6, 6.07) is 17.5. The normalized spacial score (nSPS) is 12.7. The van der Waals surface area contributed by atoms with Crippen molar-refractivity contribution in [3.63, 3.8) is 0 Å². The minimum absolute atomic E-state index is 0.161. The van der Waals surface area contributed by atoms with Crippen LogP contribution in [-0.2, 0) is 10.0 Å². The van der Waals surface area contributed by atoms with Gasteiger partial charge in [0.25, 0.3) is 10.0 Å². The molecule has 10 heteroatoms. The Kier molecular flexibility index (Phi) is 5.64. The quantitative estimate of drug-likeness (QED) is 0.282. The summed E-state index contributed by atoms with van der Waals surface area (Å²) in [4.78, 5) is 7.89. The summed E-state index contributed by atoms with van der Waals surface area (Å²) in [7, 11) is -3.98. The monoisotopic (exact) mass is 536 g/mol. The number of H-pyrrole nitrogens is 2. The lowest BCUT2D eigenvalue weighted by atomic mass is 9.93. The van der Waals surface area contributed by atoms with Crippen molar-refractivity contribution in [1.29, 1.82) is 5.26 Å². The average molecular weight is 537 g/mol. The lowest BCUT2D eigenvalue weighted by molar-refractivity contribution is 0.212. The highest BCUT2D eigenvalue weighted by molar-refractivity contribution is 7.90. The first-order valence-electron chi connectivity index (χ1n) is 12.2. The number of nitrogens with zero attached hydrogens (tertiary/aromatic N) is 4. The van der Waals surface area contributed by atoms with E-state index in [1.807, 2.05) is 26.8 Å².